The number of primary amides is 1. The van der Waals surface area contributed by atoms with Gasteiger partial charge in [0.2, 0.25) is 23.6 Å². The zero-order chi connectivity index (χ0) is 28.5. The fraction of sp³-hybridized carbons (Fsp3) is 0.333. The highest BCUT2D eigenvalue weighted by Crippen LogP contribution is 2.19. The van der Waals surface area contributed by atoms with Gasteiger partial charge in [0.05, 0.1) is 25.4 Å². The van der Waals surface area contributed by atoms with E-state index in [0.717, 1.165) is 10.9 Å². The normalized spacial score (nSPS) is 14.1. The van der Waals surface area contributed by atoms with Crippen LogP contribution in [-0.2, 0) is 36.8 Å². The molecule has 4 unspecified atom stereocenters. The zero-order valence-corrected chi connectivity index (χ0v) is 20.7. The van der Waals surface area contributed by atoms with Gasteiger partial charge in [-0.15, -0.1) is 0 Å². The fourth-order valence-electron chi connectivity index (χ4n) is 3.87. The number of nitrogens with one attached hydrogen (secondary N) is 5. The molecule has 15 nitrogen and oxygen atoms in total. The zero-order valence-electron chi connectivity index (χ0n) is 20.7. The number of imidazole rings is 1. The topological polar surface area (TPSA) is 258 Å². The van der Waals surface area contributed by atoms with E-state index in [0.29, 0.717) is 11.3 Å². The van der Waals surface area contributed by atoms with Gasteiger partial charge in [-0.1, -0.05) is 18.2 Å². The minimum absolute atomic E-state index is 0.0162. The number of H-pyrrole nitrogens is 2. The Morgan fingerprint density at radius 2 is 1.59 bits per heavy atom. The summed E-state index contributed by atoms with van der Waals surface area (Å²) >= 11 is 0. The summed E-state index contributed by atoms with van der Waals surface area (Å²) in [4.78, 5) is 71.6. The van der Waals surface area contributed by atoms with E-state index in [9.17, 15) is 29.1 Å². The second-order valence-corrected chi connectivity index (χ2v) is 8.83. The van der Waals surface area contributed by atoms with E-state index in [1.54, 1.807) is 12.3 Å². The first kappa shape index (κ1) is 28.8. The lowest BCUT2D eigenvalue weighted by Gasteiger charge is -2.24. The molecular formula is C24H30N8O7. The number of para-hydroxylation sites is 1. The maximum atomic E-state index is 13.4. The van der Waals surface area contributed by atoms with Crippen molar-refractivity contribution in [1.82, 2.24) is 30.9 Å². The van der Waals surface area contributed by atoms with Crippen LogP contribution in [0.2, 0.25) is 0 Å². The van der Waals surface area contributed by atoms with Gasteiger partial charge in [0.25, 0.3) is 0 Å². The summed E-state index contributed by atoms with van der Waals surface area (Å²) in [5.41, 5.74) is 13.3. The van der Waals surface area contributed by atoms with Crippen LogP contribution in [-0.4, -0.2) is 85.5 Å². The van der Waals surface area contributed by atoms with Crippen molar-refractivity contribution in [2.45, 2.75) is 43.4 Å². The lowest BCUT2D eigenvalue weighted by atomic mass is 10.0. The molecule has 11 N–H and O–H groups in total. The molecule has 39 heavy (non-hydrogen) atoms. The fourth-order valence-corrected chi connectivity index (χ4v) is 3.87. The Bertz CT molecular complexity index is 1320. The van der Waals surface area contributed by atoms with Gasteiger partial charge >= 0.3 is 5.97 Å². The predicted molar refractivity (Wildman–Crippen MR) is 137 cm³/mol. The highest BCUT2D eigenvalue weighted by molar-refractivity contribution is 5.96. The molecule has 15 heteroatoms. The van der Waals surface area contributed by atoms with Gasteiger partial charge in [-0.3, -0.25) is 19.2 Å². The van der Waals surface area contributed by atoms with Crippen molar-refractivity contribution in [3.8, 4) is 0 Å². The average Bonchev–Trinajstić information content (AvgIpc) is 3.55. The Kier molecular flexibility index (Phi) is 9.72. The molecule has 0 saturated carbocycles. The highest BCUT2D eigenvalue weighted by Gasteiger charge is 2.31. The van der Waals surface area contributed by atoms with Crippen LogP contribution in [0.3, 0.4) is 0 Å². The van der Waals surface area contributed by atoms with Gasteiger partial charge in [-0.05, 0) is 11.6 Å². The Hall–Kier alpha value is -4.76. The van der Waals surface area contributed by atoms with E-state index in [1.165, 1.54) is 12.5 Å². The molecular weight excluding hydrogens is 512 g/mol. The molecule has 4 amide bonds. The van der Waals surface area contributed by atoms with Gasteiger partial charge in [-0.2, -0.15) is 0 Å². The monoisotopic (exact) mass is 542 g/mol. The predicted octanol–water partition coefficient (Wildman–Crippen LogP) is -2.59. The number of aromatic amines is 2. The SMILES string of the molecule is NC(=O)CC(NC(=O)C(Cc1c[nH]c2ccccc12)NC(=O)C(N)Cc1cnc[nH]1)C(=O)NC(CO)C(=O)O. The number of aliphatic hydroxyl groups excluding tert-OH is 1. The summed E-state index contributed by atoms with van der Waals surface area (Å²) in [5, 5.41) is 26.1. The van der Waals surface area contributed by atoms with E-state index >= 15 is 0 Å². The van der Waals surface area contributed by atoms with E-state index in [4.69, 9.17) is 16.6 Å². The molecule has 0 aliphatic carbocycles. The van der Waals surface area contributed by atoms with Crippen molar-refractivity contribution in [3.05, 3.63) is 54.2 Å². The van der Waals surface area contributed by atoms with Crippen molar-refractivity contribution in [2.24, 2.45) is 11.5 Å². The summed E-state index contributed by atoms with van der Waals surface area (Å²) in [6.45, 7) is -0.925. The van der Waals surface area contributed by atoms with Gasteiger partial charge < -0.3 is 47.6 Å². The van der Waals surface area contributed by atoms with Crippen molar-refractivity contribution in [1.29, 1.82) is 0 Å². The molecule has 0 saturated heterocycles. The quantitative estimate of drug-likeness (QED) is 0.103. The molecule has 4 atom stereocenters. The second kappa shape index (κ2) is 13.2. The standard InChI is InChI=1S/C24H30N8O7/c25-15(6-13-9-27-11-29-13)21(35)30-17(5-12-8-28-16-4-2-1-3-14(12)16)22(36)31-18(7-20(26)34)23(37)32-19(10-33)24(38)39/h1-4,8-9,11,15,17-19,28,33H,5-7,10,25H2,(H2,26,34)(H,27,29)(H,30,35)(H,31,36)(H,32,37)(H,38,39). The van der Waals surface area contributed by atoms with Gasteiger partial charge in [0.15, 0.2) is 0 Å². The van der Waals surface area contributed by atoms with Crippen LogP contribution < -0.4 is 27.4 Å². The van der Waals surface area contributed by atoms with Crippen molar-refractivity contribution >= 4 is 40.5 Å². The van der Waals surface area contributed by atoms with Crippen LogP contribution in [0.25, 0.3) is 10.9 Å². The molecule has 0 spiro atoms. The van der Waals surface area contributed by atoms with Crippen molar-refractivity contribution in [2.75, 3.05) is 6.61 Å². The van der Waals surface area contributed by atoms with Gasteiger partial charge in [-0.25, -0.2) is 9.78 Å². The number of aliphatic carboxylic acids is 1. The number of nitrogens with zero attached hydrogens (tertiary/aromatic N) is 1. The smallest absolute Gasteiger partial charge is 0.328 e. The number of benzene rings is 1. The molecule has 2 aromatic heterocycles. The maximum absolute atomic E-state index is 13.4. The number of hydrogen-bond acceptors (Lipinski definition) is 8. The van der Waals surface area contributed by atoms with Gasteiger partial charge in [0, 0.05) is 41.8 Å². The first-order chi connectivity index (χ1) is 18.6. The van der Waals surface area contributed by atoms with E-state index in [2.05, 4.69) is 25.6 Å². The molecule has 0 fully saturated rings. The van der Waals surface area contributed by atoms with Crippen LogP contribution >= 0.6 is 0 Å². The lowest BCUT2D eigenvalue weighted by molar-refractivity contribution is -0.143. The number of nitrogens with two attached hydrogens (primary N) is 2. The number of hydrogen-bond donors (Lipinski definition) is 9. The van der Waals surface area contributed by atoms with Crippen molar-refractivity contribution in [3.63, 3.8) is 0 Å². The number of aromatic nitrogens is 3. The number of carboxylic acid groups (broad SMARTS) is 1. The minimum atomic E-state index is -1.67. The third kappa shape index (κ3) is 7.86. The summed E-state index contributed by atoms with van der Waals surface area (Å²) in [7, 11) is 0. The molecule has 0 aliphatic rings. The first-order valence-electron chi connectivity index (χ1n) is 11.9. The molecule has 3 aromatic rings. The number of fused-ring (bicyclic) bond motifs is 1. The number of aliphatic hydroxyl groups is 1. The third-order valence-electron chi connectivity index (χ3n) is 5.90. The van der Waals surface area contributed by atoms with E-state index in [-0.39, 0.29) is 12.8 Å². The first-order valence-corrected chi connectivity index (χ1v) is 11.9. The van der Waals surface area contributed by atoms with Crippen LogP contribution in [0.1, 0.15) is 17.7 Å². The highest BCUT2D eigenvalue weighted by atomic mass is 16.4. The van der Waals surface area contributed by atoms with Crippen LogP contribution in [0.4, 0.5) is 0 Å². The third-order valence-corrected chi connectivity index (χ3v) is 5.90. The number of carbonyl (C=O) groups is 5. The molecule has 1 aromatic carbocycles. The molecule has 0 aliphatic heterocycles. The number of carbonyl (C=O) groups excluding carboxylic acids is 4. The average molecular weight is 543 g/mol. The van der Waals surface area contributed by atoms with Crippen LogP contribution in [0, 0.1) is 0 Å². The second-order valence-electron chi connectivity index (χ2n) is 8.83. The van der Waals surface area contributed by atoms with Crippen LogP contribution in [0.5, 0.6) is 0 Å². The number of amides is 4. The summed E-state index contributed by atoms with van der Waals surface area (Å²) in [5.74, 6) is -5.04. The number of rotatable bonds is 14. The maximum Gasteiger partial charge on any atom is 0.328 e. The van der Waals surface area contributed by atoms with E-state index in [1.807, 2.05) is 23.5 Å². The van der Waals surface area contributed by atoms with Gasteiger partial charge in [0.1, 0.15) is 18.1 Å². The Morgan fingerprint density at radius 1 is 0.923 bits per heavy atom. The van der Waals surface area contributed by atoms with E-state index < -0.39 is 66.8 Å². The number of carboxylic acids is 1. The Labute approximate surface area is 221 Å². The molecule has 0 radical (unpaired) electrons. The summed E-state index contributed by atoms with van der Waals surface area (Å²) < 4.78 is 0. The van der Waals surface area contributed by atoms with Crippen molar-refractivity contribution < 1.29 is 34.2 Å². The lowest BCUT2D eigenvalue weighted by Crippen LogP contribution is -2.58. The van der Waals surface area contributed by atoms with Crippen LogP contribution in [0.15, 0.2) is 43.0 Å². The summed E-state index contributed by atoms with van der Waals surface area (Å²) in [6.07, 6.45) is 4.04. The Balaban J connectivity index is 1.83. The molecule has 2 heterocycles. The Morgan fingerprint density at radius 3 is 2.23 bits per heavy atom. The molecule has 0 bridgehead atoms. The molecule has 3 rings (SSSR count). The summed E-state index contributed by atoms with van der Waals surface area (Å²) in [6, 6.07) is 1.74. The molecule has 208 valence electrons. The minimum Gasteiger partial charge on any atom is -0.480 e. The largest absolute Gasteiger partial charge is 0.480 e.